The van der Waals surface area contributed by atoms with Gasteiger partial charge in [-0.2, -0.15) is 0 Å². The van der Waals surface area contributed by atoms with Crippen molar-refractivity contribution in [3.63, 3.8) is 0 Å². The Kier molecular flexibility index (Phi) is 14.1. The first-order chi connectivity index (χ1) is 26.3. The van der Waals surface area contributed by atoms with E-state index in [4.69, 9.17) is 51.6 Å². The minimum Gasteiger partial charge on any atom is -0.497 e. The lowest BCUT2D eigenvalue weighted by molar-refractivity contribution is 0.414. The third-order valence-electron chi connectivity index (χ3n) is 8.64. The minimum absolute atomic E-state index is 0.660. The van der Waals surface area contributed by atoms with Crippen molar-refractivity contribution in [3.05, 3.63) is 179 Å². The molecule has 6 rings (SSSR count). The Labute approximate surface area is 327 Å². The Morgan fingerprint density at radius 2 is 0.407 bits per heavy atom. The van der Waals surface area contributed by atoms with Gasteiger partial charge in [-0.05, 0) is 130 Å². The van der Waals surface area contributed by atoms with Gasteiger partial charge in [0.2, 0.25) is 0 Å². The number of hydrogen-bond donors (Lipinski definition) is 0. The molecular weight excluding hydrogens is 719 g/mol. The van der Waals surface area contributed by atoms with Crippen LogP contribution in [0.5, 0.6) is 34.5 Å². The third kappa shape index (κ3) is 9.78. The summed E-state index contributed by atoms with van der Waals surface area (Å²) in [5, 5.41) is 1.32. The second-order valence-electron chi connectivity index (χ2n) is 11.7. The summed E-state index contributed by atoms with van der Waals surface area (Å²) in [6.45, 7) is 0. The Morgan fingerprint density at radius 3 is 0.556 bits per heavy atom. The highest BCUT2D eigenvalue weighted by Crippen LogP contribution is 2.38. The molecule has 6 aromatic rings. The van der Waals surface area contributed by atoms with Gasteiger partial charge in [0.25, 0.3) is 0 Å². The number of ether oxygens (including phenoxy) is 6. The first-order valence-corrected chi connectivity index (χ1v) is 17.7. The molecule has 0 amide bonds. The fraction of sp³-hybridized carbons (Fsp3) is 0.130. The highest BCUT2D eigenvalue weighted by atomic mass is 35.5. The van der Waals surface area contributed by atoms with Crippen LogP contribution in [0, 0.1) is 0 Å². The van der Waals surface area contributed by atoms with Crippen molar-refractivity contribution >= 4 is 44.4 Å². The second-order valence-corrected chi connectivity index (χ2v) is 12.5. The van der Waals surface area contributed by atoms with Crippen LogP contribution in [-0.4, -0.2) is 42.7 Å². The molecule has 6 nitrogen and oxygen atoms in total. The molecule has 8 heteroatoms. The van der Waals surface area contributed by atoms with Crippen LogP contribution >= 0.6 is 23.2 Å². The summed E-state index contributed by atoms with van der Waals surface area (Å²) in [6.07, 6.45) is 0. The normalized spacial score (nSPS) is 10.2. The largest absolute Gasteiger partial charge is 0.497 e. The monoisotopic (exact) mass is 760 g/mol. The second kappa shape index (κ2) is 19.3. The molecule has 0 heterocycles. The van der Waals surface area contributed by atoms with Gasteiger partial charge in [-0.25, -0.2) is 0 Å². The average molecular weight is 762 g/mol. The number of benzene rings is 6. The molecule has 0 spiro atoms. The number of methoxy groups -OCH3 is 6. The molecule has 276 valence electrons. The smallest absolute Gasteiger partial charge is 0.118 e. The zero-order valence-electron chi connectivity index (χ0n) is 31.1. The van der Waals surface area contributed by atoms with E-state index in [0.717, 1.165) is 79.0 Å². The molecule has 0 aromatic heterocycles. The summed E-state index contributed by atoms with van der Waals surface area (Å²) in [4.78, 5) is 0. The van der Waals surface area contributed by atoms with Crippen molar-refractivity contribution in [3.8, 4) is 34.5 Å². The van der Waals surface area contributed by atoms with Gasteiger partial charge in [0, 0.05) is 11.1 Å². The SMILES string of the molecule is COc1ccc(C(Cl)=C(c2ccc(OC)cc2)c2ccc(OC)cc2)cc1.COc1ccc(C(Cl)=C(c2ccc(OC)cc2)c2ccc(OC)cc2)cc1. The molecule has 0 saturated heterocycles. The summed E-state index contributed by atoms with van der Waals surface area (Å²) >= 11 is 13.7. The van der Waals surface area contributed by atoms with Crippen molar-refractivity contribution in [2.75, 3.05) is 42.7 Å². The fourth-order valence-corrected chi connectivity index (χ4v) is 6.32. The summed E-state index contributed by atoms with van der Waals surface area (Å²) in [7, 11) is 9.90. The molecule has 0 N–H and O–H groups in total. The Bertz CT molecular complexity index is 1880. The number of rotatable bonds is 12. The van der Waals surface area contributed by atoms with E-state index in [0.29, 0.717) is 10.1 Å². The van der Waals surface area contributed by atoms with Gasteiger partial charge in [0.15, 0.2) is 0 Å². The van der Waals surface area contributed by atoms with Crippen LogP contribution in [0.4, 0.5) is 0 Å². The average Bonchev–Trinajstić information content (AvgIpc) is 3.25. The first-order valence-electron chi connectivity index (χ1n) is 17.0. The van der Waals surface area contributed by atoms with Gasteiger partial charge in [0.05, 0.1) is 52.7 Å². The van der Waals surface area contributed by atoms with Crippen molar-refractivity contribution < 1.29 is 28.4 Å². The van der Waals surface area contributed by atoms with Gasteiger partial charge in [-0.3, -0.25) is 0 Å². The molecule has 54 heavy (non-hydrogen) atoms. The zero-order chi connectivity index (χ0) is 38.5. The van der Waals surface area contributed by atoms with Crippen LogP contribution in [0.25, 0.3) is 21.2 Å². The van der Waals surface area contributed by atoms with Crippen LogP contribution in [0.1, 0.15) is 33.4 Å². The summed E-state index contributed by atoms with van der Waals surface area (Å²) in [6, 6.07) is 46.9. The highest BCUT2D eigenvalue weighted by Gasteiger charge is 2.15. The molecule has 0 fully saturated rings. The first kappa shape index (κ1) is 39.4. The lowest BCUT2D eigenvalue weighted by Crippen LogP contribution is -1.93. The molecular formula is C46H42Cl2O6. The molecule has 0 unspecified atom stereocenters. The number of hydrogen-bond acceptors (Lipinski definition) is 6. The molecule has 0 atom stereocenters. The Morgan fingerprint density at radius 1 is 0.259 bits per heavy atom. The summed E-state index contributed by atoms with van der Waals surface area (Å²) in [5.41, 5.74) is 7.71. The standard InChI is InChI=1S/2C23H21ClO3/c2*1-25-19-10-4-16(5-11-19)22(17-6-12-20(26-2)13-7-17)23(24)18-8-14-21(27-3)15-9-18/h2*4-15H,1-3H3. The van der Waals surface area contributed by atoms with E-state index in [9.17, 15) is 0 Å². The van der Waals surface area contributed by atoms with Gasteiger partial charge >= 0.3 is 0 Å². The van der Waals surface area contributed by atoms with Crippen LogP contribution in [0.15, 0.2) is 146 Å². The van der Waals surface area contributed by atoms with E-state index in [1.165, 1.54) is 0 Å². The Hall–Kier alpha value is -5.82. The molecule has 0 aliphatic rings. The van der Waals surface area contributed by atoms with E-state index in [-0.39, 0.29) is 0 Å². The summed E-state index contributed by atoms with van der Waals surface area (Å²) in [5.74, 6) is 4.78. The van der Waals surface area contributed by atoms with Crippen molar-refractivity contribution in [1.29, 1.82) is 0 Å². The van der Waals surface area contributed by atoms with Crippen LogP contribution in [0.2, 0.25) is 0 Å². The predicted octanol–water partition coefficient (Wildman–Crippen LogP) is 11.7. The lowest BCUT2D eigenvalue weighted by atomic mass is 9.95. The molecule has 0 aliphatic carbocycles. The van der Waals surface area contributed by atoms with Crippen molar-refractivity contribution in [2.24, 2.45) is 0 Å². The maximum atomic E-state index is 6.86. The van der Waals surface area contributed by atoms with Crippen LogP contribution in [-0.2, 0) is 0 Å². The lowest BCUT2D eigenvalue weighted by Gasteiger charge is -2.14. The zero-order valence-corrected chi connectivity index (χ0v) is 32.6. The topological polar surface area (TPSA) is 55.4 Å². The van der Waals surface area contributed by atoms with Gasteiger partial charge in [0.1, 0.15) is 34.5 Å². The molecule has 0 saturated carbocycles. The third-order valence-corrected chi connectivity index (χ3v) is 9.46. The molecule has 0 bridgehead atoms. The van der Waals surface area contributed by atoms with E-state index in [2.05, 4.69) is 0 Å². The minimum atomic E-state index is 0.660. The molecule has 0 radical (unpaired) electrons. The highest BCUT2D eigenvalue weighted by molar-refractivity contribution is 6.53. The van der Waals surface area contributed by atoms with Gasteiger partial charge < -0.3 is 28.4 Å². The van der Waals surface area contributed by atoms with E-state index in [1.807, 2.05) is 146 Å². The van der Waals surface area contributed by atoms with Crippen LogP contribution < -0.4 is 28.4 Å². The van der Waals surface area contributed by atoms with E-state index in [1.54, 1.807) is 42.7 Å². The van der Waals surface area contributed by atoms with Gasteiger partial charge in [-0.1, -0.05) is 71.7 Å². The quantitative estimate of drug-likeness (QED) is 0.116. The molecule has 6 aromatic carbocycles. The van der Waals surface area contributed by atoms with E-state index >= 15 is 0 Å². The van der Waals surface area contributed by atoms with Gasteiger partial charge in [-0.15, -0.1) is 0 Å². The fourth-order valence-electron chi connectivity index (χ4n) is 5.63. The van der Waals surface area contributed by atoms with Crippen LogP contribution in [0.3, 0.4) is 0 Å². The summed E-state index contributed by atoms with van der Waals surface area (Å²) < 4.78 is 31.6. The predicted molar refractivity (Wildman–Crippen MR) is 222 cm³/mol. The Balaban J connectivity index is 0.000000208. The van der Waals surface area contributed by atoms with Crippen molar-refractivity contribution in [1.82, 2.24) is 0 Å². The number of halogens is 2. The molecule has 0 aliphatic heterocycles. The van der Waals surface area contributed by atoms with E-state index < -0.39 is 0 Å². The maximum Gasteiger partial charge on any atom is 0.118 e. The maximum absolute atomic E-state index is 6.86. The van der Waals surface area contributed by atoms with Crippen molar-refractivity contribution in [2.45, 2.75) is 0 Å².